The number of benzene rings is 1. The summed E-state index contributed by atoms with van der Waals surface area (Å²) < 4.78 is 4.59. The predicted molar refractivity (Wildman–Crippen MR) is 77.3 cm³/mol. The van der Waals surface area contributed by atoms with Crippen LogP contribution in [-0.4, -0.2) is 24.2 Å². The summed E-state index contributed by atoms with van der Waals surface area (Å²) in [6.07, 6.45) is 7.76. The van der Waals surface area contributed by atoms with Gasteiger partial charge in [-0.15, -0.1) is 0 Å². The van der Waals surface area contributed by atoms with Crippen LogP contribution in [0, 0.1) is 11.3 Å². The molecule has 0 saturated heterocycles. The minimum Gasteiger partial charge on any atom is -0.477 e. The lowest BCUT2D eigenvalue weighted by molar-refractivity contribution is -0.132. The quantitative estimate of drug-likeness (QED) is 0.388. The van der Waals surface area contributed by atoms with Crippen molar-refractivity contribution < 1.29 is 19.4 Å². The van der Waals surface area contributed by atoms with E-state index >= 15 is 0 Å². The SMILES string of the molecule is COC(=O)c1ccc(C=CC=CC=C(C#N)C(=O)O)cc1. The van der Waals surface area contributed by atoms with E-state index in [2.05, 4.69) is 4.74 Å². The summed E-state index contributed by atoms with van der Waals surface area (Å²) >= 11 is 0. The van der Waals surface area contributed by atoms with Crippen molar-refractivity contribution in [2.45, 2.75) is 0 Å². The maximum atomic E-state index is 11.2. The van der Waals surface area contributed by atoms with Crippen molar-refractivity contribution in [1.29, 1.82) is 5.26 Å². The minimum absolute atomic E-state index is 0.331. The van der Waals surface area contributed by atoms with Gasteiger partial charge in [0.15, 0.2) is 0 Å². The molecule has 0 atom stereocenters. The monoisotopic (exact) mass is 283 g/mol. The molecule has 5 heteroatoms. The molecule has 5 nitrogen and oxygen atoms in total. The van der Waals surface area contributed by atoms with Crippen molar-refractivity contribution in [2.75, 3.05) is 7.11 Å². The topological polar surface area (TPSA) is 87.4 Å². The molecule has 0 heterocycles. The van der Waals surface area contributed by atoms with Gasteiger partial charge in [0, 0.05) is 0 Å². The molecule has 1 aromatic rings. The molecule has 21 heavy (non-hydrogen) atoms. The minimum atomic E-state index is -1.26. The highest BCUT2D eigenvalue weighted by Gasteiger charge is 2.03. The van der Waals surface area contributed by atoms with Crippen LogP contribution in [0.5, 0.6) is 0 Å². The fourth-order valence-electron chi connectivity index (χ4n) is 1.39. The van der Waals surface area contributed by atoms with Gasteiger partial charge < -0.3 is 9.84 Å². The number of ether oxygens (including phenoxy) is 1. The molecular formula is C16H13NO4. The van der Waals surface area contributed by atoms with Gasteiger partial charge in [0.1, 0.15) is 11.6 Å². The lowest BCUT2D eigenvalue weighted by Crippen LogP contribution is -2.00. The molecule has 1 N–H and O–H groups in total. The maximum Gasteiger partial charge on any atom is 0.346 e. The van der Waals surface area contributed by atoms with Gasteiger partial charge in [0.05, 0.1) is 12.7 Å². The smallest absolute Gasteiger partial charge is 0.346 e. The zero-order chi connectivity index (χ0) is 15.7. The Morgan fingerprint density at radius 2 is 1.86 bits per heavy atom. The first-order valence-electron chi connectivity index (χ1n) is 5.95. The van der Waals surface area contributed by atoms with E-state index < -0.39 is 11.9 Å². The van der Waals surface area contributed by atoms with Gasteiger partial charge in [-0.2, -0.15) is 5.26 Å². The van der Waals surface area contributed by atoms with Crippen LogP contribution >= 0.6 is 0 Å². The van der Waals surface area contributed by atoms with Crippen LogP contribution in [0.2, 0.25) is 0 Å². The largest absolute Gasteiger partial charge is 0.477 e. The Morgan fingerprint density at radius 1 is 1.19 bits per heavy atom. The number of hydrogen-bond acceptors (Lipinski definition) is 4. The molecule has 1 aromatic carbocycles. The van der Waals surface area contributed by atoms with Crippen LogP contribution < -0.4 is 0 Å². The number of methoxy groups -OCH3 is 1. The molecule has 0 bridgehead atoms. The molecule has 0 fully saturated rings. The average Bonchev–Trinajstić information content (AvgIpc) is 2.50. The van der Waals surface area contributed by atoms with Crippen LogP contribution in [0.15, 0.2) is 54.1 Å². The van der Waals surface area contributed by atoms with Crippen molar-refractivity contribution in [3.05, 3.63) is 65.3 Å². The van der Waals surface area contributed by atoms with Crippen molar-refractivity contribution in [1.82, 2.24) is 0 Å². The second-order valence-corrected chi connectivity index (χ2v) is 3.85. The van der Waals surface area contributed by atoms with Crippen LogP contribution in [-0.2, 0) is 9.53 Å². The Bertz CT molecular complexity index is 646. The number of aliphatic carboxylic acids is 1. The number of allylic oxidation sites excluding steroid dienone is 4. The highest BCUT2D eigenvalue weighted by molar-refractivity contribution is 5.91. The van der Waals surface area contributed by atoms with Gasteiger partial charge in [0.2, 0.25) is 0 Å². The van der Waals surface area contributed by atoms with Crippen molar-refractivity contribution in [3.8, 4) is 6.07 Å². The standard InChI is InChI=1S/C16H13NO4/c1-21-16(20)13-9-7-12(8-10-13)5-3-2-4-6-14(11-17)15(18)19/h2-10H,1H3,(H,18,19). The molecule has 0 radical (unpaired) electrons. The average molecular weight is 283 g/mol. The Hall–Kier alpha value is -3.13. The van der Waals surface area contributed by atoms with Crippen molar-refractivity contribution in [2.24, 2.45) is 0 Å². The van der Waals surface area contributed by atoms with Crippen LogP contribution in [0.3, 0.4) is 0 Å². The first-order chi connectivity index (χ1) is 10.1. The number of nitriles is 1. The lowest BCUT2D eigenvalue weighted by Gasteiger charge is -1.98. The van der Waals surface area contributed by atoms with Crippen molar-refractivity contribution >= 4 is 18.0 Å². The summed E-state index contributed by atoms with van der Waals surface area (Å²) in [5.74, 6) is -1.65. The summed E-state index contributed by atoms with van der Waals surface area (Å²) in [6, 6.07) is 8.38. The second kappa shape index (κ2) is 8.12. The molecule has 0 aromatic heterocycles. The number of carboxylic acids is 1. The number of rotatable bonds is 5. The number of hydrogen-bond donors (Lipinski definition) is 1. The molecule has 0 spiro atoms. The zero-order valence-electron chi connectivity index (χ0n) is 11.3. The Morgan fingerprint density at radius 3 is 2.38 bits per heavy atom. The Labute approximate surface area is 122 Å². The van der Waals surface area contributed by atoms with E-state index in [0.29, 0.717) is 5.56 Å². The summed E-state index contributed by atoms with van der Waals surface area (Å²) in [4.78, 5) is 21.8. The van der Waals surface area contributed by atoms with Crippen molar-refractivity contribution in [3.63, 3.8) is 0 Å². The fourth-order valence-corrected chi connectivity index (χ4v) is 1.39. The van der Waals surface area contributed by atoms with E-state index in [0.717, 1.165) is 5.56 Å². The third kappa shape index (κ3) is 5.17. The summed E-state index contributed by atoms with van der Waals surface area (Å²) in [6.45, 7) is 0. The first-order valence-corrected chi connectivity index (χ1v) is 5.95. The van der Waals surface area contributed by atoms with E-state index in [1.165, 1.54) is 19.3 Å². The van der Waals surface area contributed by atoms with Crippen LogP contribution in [0.25, 0.3) is 6.08 Å². The molecule has 0 saturated carbocycles. The highest BCUT2D eigenvalue weighted by atomic mass is 16.5. The molecule has 0 unspecified atom stereocenters. The van der Waals surface area contributed by atoms with E-state index in [9.17, 15) is 9.59 Å². The van der Waals surface area contributed by atoms with E-state index in [1.54, 1.807) is 48.6 Å². The molecule has 1 rings (SSSR count). The highest BCUT2D eigenvalue weighted by Crippen LogP contribution is 2.07. The van der Waals surface area contributed by atoms with Crippen LogP contribution in [0.4, 0.5) is 0 Å². The number of esters is 1. The van der Waals surface area contributed by atoms with Gasteiger partial charge >= 0.3 is 11.9 Å². The fraction of sp³-hybridized carbons (Fsp3) is 0.0625. The van der Waals surface area contributed by atoms with Gasteiger partial charge in [-0.05, 0) is 23.8 Å². The normalized spacial score (nSPS) is 11.5. The molecule has 0 aliphatic carbocycles. The Kier molecular flexibility index (Phi) is 6.16. The molecule has 106 valence electrons. The number of carbonyl (C=O) groups excluding carboxylic acids is 1. The van der Waals surface area contributed by atoms with E-state index in [-0.39, 0.29) is 5.57 Å². The third-order valence-corrected chi connectivity index (χ3v) is 2.46. The summed E-state index contributed by atoms with van der Waals surface area (Å²) in [7, 11) is 1.32. The molecule has 0 amide bonds. The number of carbonyl (C=O) groups is 2. The second-order valence-electron chi connectivity index (χ2n) is 3.85. The van der Waals surface area contributed by atoms with Gasteiger partial charge in [-0.25, -0.2) is 9.59 Å². The summed E-state index contributed by atoms with van der Waals surface area (Å²) in [5.41, 5.74) is 1.00. The molecule has 0 aliphatic rings. The molecular weight excluding hydrogens is 270 g/mol. The Balaban J connectivity index is 2.68. The van der Waals surface area contributed by atoms with Gasteiger partial charge in [0.25, 0.3) is 0 Å². The van der Waals surface area contributed by atoms with Gasteiger partial charge in [-0.3, -0.25) is 0 Å². The van der Waals surface area contributed by atoms with Crippen LogP contribution in [0.1, 0.15) is 15.9 Å². The zero-order valence-corrected chi connectivity index (χ0v) is 11.3. The van der Waals surface area contributed by atoms with E-state index in [1.807, 2.05) is 0 Å². The third-order valence-electron chi connectivity index (χ3n) is 2.46. The van der Waals surface area contributed by atoms with E-state index in [4.69, 9.17) is 10.4 Å². The number of nitrogens with zero attached hydrogens (tertiary/aromatic N) is 1. The lowest BCUT2D eigenvalue weighted by atomic mass is 10.1. The predicted octanol–water partition coefficient (Wildman–Crippen LogP) is 2.58. The van der Waals surface area contributed by atoms with Gasteiger partial charge in [-0.1, -0.05) is 36.4 Å². The maximum absolute atomic E-state index is 11.2. The summed E-state index contributed by atoms with van der Waals surface area (Å²) in [5, 5.41) is 17.2. The molecule has 0 aliphatic heterocycles. The first kappa shape index (κ1) is 15.9. The number of carboxylic acid groups (broad SMARTS) is 1.